The molecule has 0 aliphatic rings. The zero-order valence-corrected chi connectivity index (χ0v) is 15.2. The van der Waals surface area contributed by atoms with Gasteiger partial charge in [-0.15, -0.1) is 0 Å². The van der Waals surface area contributed by atoms with Gasteiger partial charge in [0.05, 0.1) is 17.9 Å². The van der Waals surface area contributed by atoms with Crippen LogP contribution >= 0.6 is 79.6 Å². The van der Waals surface area contributed by atoms with E-state index in [9.17, 15) is 0 Å². The predicted octanol–water partition coefficient (Wildman–Crippen LogP) is 6.06. The first-order chi connectivity index (χ1) is 7.00. The molecule has 0 saturated heterocycles. The largest absolute Gasteiger partial charge is 0.487 e. The van der Waals surface area contributed by atoms with Crippen molar-refractivity contribution in [1.82, 2.24) is 0 Å². The maximum atomic E-state index is 5.54. The van der Waals surface area contributed by atoms with Gasteiger partial charge >= 0.3 is 0 Å². The molecule has 1 rings (SSSR count). The van der Waals surface area contributed by atoms with E-state index in [0.717, 1.165) is 28.1 Å². The fraction of sp³-hybridized carbons (Fsp3) is 0.111. The number of benzene rings is 1. The summed E-state index contributed by atoms with van der Waals surface area (Å²) in [6, 6.07) is 0. The molecule has 0 unspecified atom stereocenters. The number of halogens is 5. The first-order valence-electron chi connectivity index (χ1n) is 3.75. The molecule has 0 heterocycles. The Morgan fingerprint density at radius 1 is 0.867 bits per heavy atom. The molecule has 15 heavy (non-hydrogen) atoms. The van der Waals surface area contributed by atoms with Gasteiger partial charge < -0.3 is 4.74 Å². The van der Waals surface area contributed by atoms with E-state index in [1.165, 1.54) is 0 Å². The van der Waals surface area contributed by atoms with Gasteiger partial charge in [0, 0.05) is 4.47 Å². The Labute approximate surface area is 130 Å². The van der Waals surface area contributed by atoms with Crippen molar-refractivity contribution in [1.29, 1.82) is 0 Å². The summed E-state index contributed by atoms with van der Waals surface area (Å²) in [5, 5.41) is 0. The minimum Gasteiger partial charge on any atom is -0.487 e. The van der Waals surface area contributed by atoms with Gasteiger partial charge in [-0.25, -0.2) is 0 Å². The van der Waals surface area contributed by atoms with Crippen molar-refractivity contribution in [3.8, 4) is 5.75 Å². The molecule has 6 heteroatoms. The lowest BCUT2D eigenvalue weighted by Gasteiger charge is -2.13. The summed E-state index contributed by atoms with van der Waals surface area (Å²) in [7, 11) is 0. The van der Waals surface area contributed by atoms with Gasteiger partial charge in [0.25, 0.3) is 0 Å². The summed E-state index contributed by atoms with van der Waals surface area (Å²) in [6.45, 7) is 4.07. The highest BCUT2D eigenvalue weighted by Gasteiger charge is 2.18. The van der Waals surface area contributed by atoms with Gasteiger partial charge in [-0.2, -0.15) is 0 Å². The van der Waals surface area contributed by atoms with Gasteiger partial charge in [0.2, 0.25) is 0 Å². The van der Waals surface area contributed by atoms with Crippen molar-refractivity contribution in [3.63, 3.8) is 0 Å². The fourth-order valence-electron chi connectivity index (χ4n) is 0.854. The molecule has 0 aliphatic heterocycles. The summed E-state index contributed by atoms with van der Waals surface area (Å²) in [5.74, 6) is 0.733. The van der Waals surface area contributed by atoms with Crippen LogP contribution in [0.2, 0.25) is 0 Å². The molecule has 1 aromatic rings. The molecule has 0 amide bonds. The molecule has 82 valence electrons. The monoisotopic (exact) mass is 524 g/mol. The van der Waals surface area contributed by atoms with E-state index in [4.69, 9.17) is 4.74 Å². The van der Waals surface area contributed by atoms with E-state index in [2.05, 4.69) is 86.2 Å². The van der Waals surface area contributed by atoms with Crippen LogP contribution in [0.3, 0.4) is 0 Å². The standard InChI is InChI=1S/C9H5Br5O/c1-2-3-15-9-7(13)5(11)4(10)6(12)8(9)14/h2H,1,3H2. The zero-order chi connectivity index (χ0) is 11.6. The maximum Gasteiger partial charge on any atom is 0.150 e. The number of ether oxygens (including phenoxy) is 1. The normalized spacial score (nSPS) is 10.2. The molecular formula is C9H5Br5O. The van der Waals surface area contributed by atoms with Crippen LogP contribution in [0.4, 0.5) is 0 Å². The maximum absolute atomic E-state index is 5.54. The lowest BCUT2D eigenvalue weighted by atomic mass is 10.3. The van der Waals surface area contributed by atoms with Crippen molar-refractivity contribution in [2.75, 3.05) is 6.61 Å². The van der Waals surface area contributed by atoms with E-state index < -0.39 is 0 Å². The van der Waals surface area contributed by atoms with Crippen LogP contribution in [-0.2, 0) is 0 Å². The zero-order valence-electron chi connectivity index (χ0n) is 7.29. The first-order valence-corrected chi connectivity index (χ1v) is 7.72. The molecular weight excluding hydrogens is 524 g/mol. The lowest BCUT2D eigenvalue weighted by molar-refractivity contribution is 0.358. The Kier molecular flexibility index (Phi) is 5.87. The third-order valence-corrected chi connectivity index (χ3v) is 7.54. The third kappa shape index (κ3) is 3.09. The van der Waals surface area contributed by atoms with Gasteiger partial charge in [-0.1, -0.05) is 12.7 Å². The van der Waals surface area contributed by atoms with E-state index in [1.807, 2.05) is 0 Å². The van der Waals surface area contributed by atoms with Gasteiger partial charge in [0.15, 0.2) is 5.75 Å². The first kappa shape index (κ1) is 14.2. The molecule has 1 aromatic carbocycles. The van der Waals surface area contributed by atoms with Crippen LogP contribution < -0.4 is 4.74 Å². The van der Waals surface area contributed by atoms with Crippen molar-refractivity contribution in [2.24, 2.45) is 0 Å². The smallest absolute Gasteiger partial charge is 0.150 e. The quantitative estimate of drug-likeness (QED) is 0.263. The second kappa shape index (κ2) is 6.19. The molecule has 1 nitrogen and oxygen atoms in total. The van der Waals surface area contributed by atoms with Crippen molar-refractivity contribution >= 4 is 79.6 Å². The minimum atomic E-state index is 0.456. The highest BCUT2D eigenvalue weighted by atomic mass is 79.9. The third-order valence-electron chi connectivity index (χ3n) is 1.52. The lowest BCUT2D eigenvalue weighted by Crippen LogP contribution is -1.96. The molecule has 0 aromatic heterocycles. The average molecular weight is 529 g/mol. The van der Waals surface area contributed by atoms with E-state index in [0.29, 0.717) is 6.61 Å². The Morgan fingerprint density at radius 3 is 1.67 bits per heavy atom. The molecule has 0 spiro atoms. The number of hydrogen-bond donors (Lipinski definition) is 0. The van der Waals surface area contributed by atoms with Crippen molar-refractivity contribution in [2.45, 2.75) is 0 Å². The second-order valence-corrected chi connectivity index (χ2v) is 6.46. The predicted molar refractivity (Wildman–Crippen MR) is 80.6 cm³/mol. The average Bonchev–Trinajstić information content (AvgIpc) is 2.24. The molecule has 0 N–H and O–H groups in total. The second-order valence-electron chi connectivity index (χ2n) is 2.50. The number of rotatable bonds is 3. The Hall–Kier alpha value is 1.16. The van der Waals surface area contributed by atoms with Crippen LogP contribution in [-0.4, -0.2) is 6.61 Å². The summed E-state index contributed by atoms with van der Waals surface area (Å²) < 4.78 is 9.97. The highest BCUT2D eigenvalue weighted by molar-refractivity contribution is 9.15. The van der Waals surface area contributed by atoms with Crippen LogP contribution in [0.5, 0.6) is 5.75 Å². The molecule has 0 aliphatic carbocycles. The van der Waals surface area contributed by atoms with Crippen LogP contribution in [0, 0.1) is 0 Å². The van der Waals surface area contributed by atoms with Crippen molar-refractivity contribution < 1.29 is 4.74 Å². The highest BCUT2D eigenvalue weighted by Crippen LogP contribution is 2.48. The minimum absolute atomic E-state index is 0.456. The Balaban J connectivity index is 3.31. The summed E-state index contributed by atoms with van der Waals surface area (Å²) in [6.07, 6.45) is 1.70. The van der Waals surface area contributed by atoms with Crippen LogP contribution in [0.25, 0.3) is 0 Å². The topological polar surface area (TPSA) is 9.23 Å². The Bertz CT molecular complexity index is 373. The molecule has 0 fully saturated rings. The molecule has 0 radical (unpaired) electrons. The molecule has 0 bridgehead atoms. The SMILES string of the molecule is C=CCOc1c(Br)c(Br)c(Br)c(Br)c1Br. The molecule has 0 atom stereocenters. The van der Waals surface area contributed by atoms with Gasteiger partial charge in [-0.05, 0) is 79.6 Å². The summed E-state index contributed by atoms with van der Waals surface area (Å²) >= 11 is 17.3. The Morgan fingerprint density at radius 2 is 1.27 bits per heavy atom. The van der Waals surface area contributed by atoms with E-state index >= 15 is 0 Å². The van der Waals surface area contributed by atoms with Crippen LogP contribution in [0.15, 0.2) is 35.0 Å². The summed E-state index contributed by atoms with van der Waals surface area (Å²) in [5.41, 5.74) is 0. The summed E-state index contributed by atoms with van der Waals surface area (Å²) in [4.78, 5) is 0. The van der Waals surface area contributed by atoms with Gasteiger partial charge in [-0.3, -0.25) is 0 Å². The van der Waals surface area contributed by atoms with E-state index in [-0.39, 0.29) is 0 Å². The van der Waals surface area contributed by atoms with Crippen molar-refractivity contribution in [3.05, 3.63) is 35.0 Å². The van der Waals surface area contributed by atoms with Gasteiger partial charge in [0.1, 0.15) is 6.61 Å². The van der Waals surface area contributed by atoms with E-state index in [1.54, 1.807) is 6.08 Å². The molecule has 0 saturated carbocycles. The fourth-order valence-corrected chi connectivity index (χ4v) is 4.09. The number of hydrogen-bond acceptors (Lipinski definition) is 1. The van der Waals surface area contributed by atoms with Crippen LogP contribution in [0.1, 0.15) is 0 Å².